The third-order valence-corrected chi connectivity index (χ3v) is 4.63. The summed E-state index contributed by atoms with van der Waals surface area (Å²) in [6.45, 7) is 1.82. The third kappa shape index (κ3) is 2.97. The maximum Gasteiger partial charge on any atom is 0.274 e. The molecule has 2 aromatic rings. The Morgan fingerprint density at radius 2 is 1.77 bits per heavy atom. The predicted octanol–water partition coefficient (Wildman–Crippen LogP) is 1.78. The minimum Gasteiger partial charge on any atom is -0.493 e. The van der Waals surface area contributed by atoms with Gasteiger partial charge in [0.05, 0.1) is 13.2 Å². The number of nitrogens with one attached hydrogen (secondary N) is 1. The van der Waals surface area contributed by atoms with E-state index in [0.29, 0.717) is 43.2 Å². The fourth-order valence-electron chi connectivity index (χ4n) is 3.25. The molecule has 26 heavy (non-hydrogen) atoms. The molecule has 0 radical (unpaired) electrons. The number of carbonyl (C=O) groups is 2. The van der Waals surface area contributed by atoms with Crippen molar-refractivity contribution in [2.45, 2.75) is 13.0 Å². The average Bonchev–Trinajstić information content (AvgIpc) is 3.04. The summed E-state index contributed by atoms with van der Waals surface area (Å²) in [6.07, 6.45) is 0.818. The highest BCUT2D eigenvalue weighted by molar-refractivity contribution is 5.95. The van der Waals surface area contributed by atoms with Gasteiger partial charge in [0.2, 0.25) is 0 Å². The minimum atomic E-state index is -0.603. The molecule has 0 saturated heterocycles. The fourth-order valence-corrected chi connectivity index (χ4v) is 3.25. The molecule has 2 aliphatic rings. The lowest BCUT2D eigenvalue weighted by atomic mass is 10.1. The molecule has 0 aromatic heterocycles. The molecule has 2 amide bonds. The summed E-state index contributed by atoms with van der Waals surface area (Å²) in [7, 11) is 0. The van der Waals surface area contributed by atoms with Crippen LogP contribution in [0.3, 0.4) is 0 Å². The van der Waals surface area contributed by atoms with Gasteiger partial charge in [-0.2, -0.15) is 0 Å². The van der Waals surface area contributed by atoms with Gasteiger partial charge in [-0.15, -0.1) is 0 Å². The van der Waals surface area contributed by atoms with Crippen molar-refractivity contribution in [2.75, 3.05) is 19.8 Å². The van der Waals surface area contributed by atoms with Crippen molar-refractivity contribution in [2.24, 2.45) is 0 Å². The molecule has 4 rings (SSSR count). The molecule has 2 aliphatic heterocycles. The predicted molar refractivity (Wildman–Crippen MR) is 91.6 cm³/mol. The van der Waals surface area contributed by atoms with Crippen LogP contribution in [0.5, 0.6) is 11.5 Å². The molecule has 0 aliphatic carbocycles. The van der Waals surface area contributed by atoms with E-state index in [-0.39, 0.29) is 5.91 Å². The Kier molecular flexibility index (Phi) is 4.22. The smallest absolute Gasteiger partial charge is 0.274 e. The number of amides is 2. The molecule has 2 heterocycles. The molecule has 2 N–H and O–H groups in total. The molecule has 2 aromatic carbocycles. The third-order valence-electron chi connectivity index (χ3n) is 4.63. The summed E-state index contributed by atoms with van der Waals surface area (Å²) in [5.74, 6) is 0.729. The second-order valence-electron chi connectivity index (χ2n) is 6.26. The zero-order chi connectivity index (χ0) is 18.1. The molecule has 134 valence electrons. The van der Waals surface area contributed by atoms with E-state index in [2.05, 4.69) is 0 Å². The molecule has 0 fully saturated rings. The number of hydrogen-bond donors (Lipinski definition) is 2. The van der Waals surface area contributed by atoms with Gasteiger partial charge in [-0.05, 0) is 35.9 Å². The Bertz CT molecular complexity index is 880. The van der Waals surface area contributed by atoms with Crippen molar-refractivity contribution in [1.82, 2.24) is 10.4 Å². The zero-order valence-electron chi connectivity index (χ0n) is 14.0. The van der Waals surface area contributed by atoms with E-state index in [4.69, 9.17) is 14.7 Å². The number of carbonyl (C=O) groups excluding carboxylic acids is 2. The summed E-state index contributed by atoms with van der Waals surface area (Å²) >= 11 is 0. The van der Waals surface area contributed by atoms with Crippen molar-refractivity contribution in [3.63, 3.8) is 0 Å². The van der Waals surface area contributed by atoms with Gasteiger partial charge in [0.1, 0.15) is 18.1 Å². The van der Waals surface area contributed by atoms with E-state index < -0.39 is 5.91 Å². The lowest BCUT2D eigenvalue weighted by molar-refractivity contribution is 0.0705. The van der Waals surface area contributed by atoms with Gasteiger partial charge in [0.15, 0.2) is 0 Å². The van der Waals surface area contributed by atoms with Gasteiger partial charge in [0.25, 0.3) is 11.8 Å². The first kappa shape index (κ1) is 16.4. The molecule has 0 spiro atoms. The lowest BCUT2D eigenvalue weighted by Crippen LogP contribution is -2.32. The Morgan fingerprint density at radius 1 is 0.962 bits per heavy atom. The topological polar surface area (TPSA) is 88.1 Å². The highest BCUT2D eigenvalue weighted by Gasteiger charge is 2.23. The highest BCUT2D eigenvalue weighted by Crippen LogP contribution is 2.28. The highest BCUT2D eigenvalue weighted by atomic mass is 16.5. The van der Waals surface area contributed by atoms with Crippen molar-refractivity contribution in [3.05, 3.63) is 58.7 Å². The van der Waals surface area contributed by atoms with E-state index >= 15 is 0 Å². The number of benzene rings is 2. The monoisotopic (exact) mass is 354 g/mol. The average molecular weight is 354 g/mol. The van der Waals surface area contributed by atoms with Gasteiger partial charge in [0, 0.05) is 29.7 Å². The summed E-state index contributed by atoms with van der Waals surface area (Å²) < 4.78 is 11.2. The zero-order valence-corrected chi connectivity index (χ0v) is 14.0. The van der Waals surface area contributed by atoms with Crippen LogP contribution in [0.2, 0.25) is 0 Å². The normalized spacial score (nSPS) is 15.2. The van der Waals surface area contributed by atoms with Gasteiger partial charge >= 0.3 is 0 Å². The Labute approximate surface area is 150 Å². The number of hydroxylamine groups is 1. The van der Waals surface area contributed by atoms with Crippen LogP contribution in [0, 0.1) is 0 Å². The van der Waals surface area contributed by atoms with E-state index in [1.165, 1.54) is 0 Å². The van der Waals surface area contributed by atoms with Crippen LogP contribution in [0.1, 0.15) is 31.8 Å². The summed E-state index contributed by atoms with van der Waals surface area (Å²) in [5.41, 5.74) is 4.40. The molecule has 0 saturated carbocycles. The fraction of sp³-hybridized carbons (Fsp3) is 0.263. The summed E-state index contributed by atoms with van der Waals surface area (Å²) in [5, 5.41) is 8.75. The van der Waals surface area contributed by atoms with E-state index in [1.54, 1.807) is 34.6 Å². The van der Waals surface area contributed by atoms with E-state index in [9.17, 15) is 9.59 Å². The molecule has 0 bridgehead atoms. The molecule has 0 atom stereocenters. The van der Waals surface area contributed by atoms with Crippen LogP contribution in [0.15, 0.2) is 36.4 Å². The minimum absolute atomic E-state index is 0.0617. The van der Waals surface area contributed by atoms with Crippen LogP contribution < -0.4 is 15.0 Å². The second-order valence-corrected chi connectivity index (χ2v) is 6.26. The summed E-state index contributed by atoms with van der Waals surface area (Å²) in [6, 6.07) is 10.4. The van der Waals surface area contributed by atoms with Crippen LogP contribution >= 0.6 is 0 Å². The van der Waals surface area contributed by atoms with E-state index in [1.807, 2.05) is 12.1 Å². The molecular formula is C19H18N2O5. The first-order valence-electron chi connectivity index (χ1n) is 8.41. The number of rotatable bonds is 2. The number of ether oxygens (including phenoxy) is 2. The van der Waals surface area contributed by atoms with Gasteiger partial charge in [-0.25, -0.2) is 5.48 Å². The number of fused-ring (bicyclic) bond motifs is 2. The molecule has 0 unspecified atom stereocenters. The molecular weight excluding hydrogens is 336 g/mol. The quantitative estimate of drug-likeness (QED) is 0.634. The Hall–Kier alpha value is -3.06. The van der Waals surface area contributed by atoms with Crippen LogP contribution in [0.25, 0.3) is 0 Å². The SMILES string of the molecule is O=C(NO)c1ccc2c(c1)OCCN(C(=O)c1ccc3c(c1)CCO3)C2. The Balaban J connectivity index is 1.57. The Morgan fingerprint density at radius 3 is 2.62 bits per heavy atom. The van der Waals surface area contributed by atoms with Crippen LogP contribution in [-0.2, 0) is 13.0 Å². The van der Waals surface area contributed by atoms with Gasteiger partial charge < -0.3 is 14.4 Å². The number of nitrogens with zero attached hydrogens (tertiary/aromatic N) is 1. The van der Waals surface area contributed by atoms with Crippen molar-refractivity contribution >= 4 is 11.8 Å². The van der Waals surface area contributed by atoms with E-state index in [0.717, 1.165) is 23.3 Å². The molecule has 7 heteroatoms. The van der Waals surface area contributed by atoms with Gasteiger partial charge in [-0.3, -0.25) is 14.8 Å². The maximum absolute atomic E-state index is 12.9. The molecule has 7 nitrogen and oxygen atoms in total. The summed E-state index contributed by atoms with van der Waals surface area (Å²) in [4.78, 5) is 26.2. The standard InChI is InChI=1S/C19H18N2O5/c22-18(20-24)13-1-2-15-11-21(6-8-26-17(15)10-13)19(23)14-3-4-16-12(9-14)5-7-25-16/h1-4,9-10,24H,5-8,11H2,(H,20,22). The van der Waals surface area contributed by atoms with Gasteiger partial charge in [-0.1, -0.05) is 6.07 Å². The van der Waals surface area contributed by atoms with Crippen LogP contribution in [-0.4, -0.2) is 41.7 Å². The van der Waals surface area contributed by atoms with Crippen molar-refractivity contribution < 1.29 is 24.3 Å². The second kappa shape index (κ2) is 6.68. The van der Waals surface area contributed by atoms with Crippen LogP contribution in [0.4, 0.5) is 0 Å². The number of hydrogen-bond acceptors (Lipinski definition) is 5. The first-order chi connectivity index (χ1) is 12.7. The van der Waals surface area contributed by atoms with Crippen molar-refractivity contribution in [1.29, 1.82) is 0 Å². The first-order valence-corrected chi connectivity index (χ1v) is 8.41. The lowest BCUT2D eigenvalue weighted by Gasteiger charge is -2.20. The largest absolute Gasteiger partial charge is 0.493 e. The maximum atomic E-state index is 12.9. The van der Waals surface area contributed by atoms with Crippen molar-refractivity contribution in [3.8, 4) is 11.5 Å².